The van der Waals surface area contributed by atoms with Crippen LogP contribution in [0.5, 0.6) is 0 Å². The van der Waals surface area contributed by atoms with Crippen LogP contribution in [0.2, 0.25) is 0 Å². The van der Waals surface area contributed by atoms with Gasteiger partial charge in [0.15, 0.2) is 0 Å². The molecule has 10 heteroatoms. The first kappa shape index (κ1) is 26.3. The fourth-order valence-corrected chi connectivity index (χ4v) is 4.41. The molecule has 4 N–H and O–H groups in total. The number of benzene rings is 2. The molecule has 1 aromatic heterocycles. The van der Waals surface area contributed by atoms with Gasteiger partial charge in [-0.05, 0) is 29.4 Å². The standard InChI is InChI=1S/C27H31BN4O5/c1-18(2)12-24(28(35)36)31-26(34)27(14-19-8-4-3-5-9-19)15-22(32-37-27)17-30-25(33)23-13-20-10-6-7-11-21(20)16-29-23/h3-11,13,16,18,24,35-36H,12,14-15,17H2,1-2H3,(H,30,33)(H,31,34)/t24-,27?/m0/s1. The molecule has 2 atom stereocenters. The molecule has 3 aromatic rings. The van der Waals surface area contributed by atoms with Gasteiger partial charge in [0.05, 0.1) is 18.2 Å². The van der Waals surface area contributed by atoms with Crippen molar-refractivity contribution in [3.05, 3.63) is 78.1 Å². The number of carbonyl (C=O) groups is 2. The highest BCUT2D eigenvalue weighted by molar-refractivity contribution is 6.43. The lowest BCUT2D eigenvalue weighted by molar-refractivity contribution is -0.144. The first-order valence-electron chi connectivity index (χ1n) is 12.3. The molecule has 192 valence electrons. The predicted octanol–water partition coefficient (Wildman–Crippen LogP) is 2.27. The normalized spacial score (nSPS) is 17.7. The van der Waals surface area contributed by atoms with Crippen LogP contribution in [0.15, 0.2) is 72.0 Å². The maximum atomic E-state index is 13.5. The molecule has 9 nitrogen and oxygen atoms in total. The molecule has 1 aliphatic heterocycles. The highest BCUT2D eigenvalue weighted by Gasteiger charge is 2.48. The van der Waals surface area contributed by atoms with E-state index < -0.39 is 24.6 Å². The van der Waals surface area contributed by atoms with Gasteiger partial charge in [0, 0.05) is 24.4 Å². The molecule has 0 aliphatic carbocycles. The Balaban J connectivity index is 1.46. The van der Waals surface area contributed by atoms with Crippen molar-refractivity contribution in [1.82, 2.24) is 15.6 Å². The van der Waals surface area contributed by atoms with Crippen LogP contribution in [0.4, 0.5) is 0 Å². The Morgan fingerprint density at radius 3 is 2.49 bits per heavy atom. The summed E-state index contributed by atoms with van der Waals surface area (Å²) in [7, 11) is -1.71. The van der Waals surface area contributed by atoms with Gasteiger partial charge in [0.25, 0.3) is 11.8 Å². The van der Waals surface area contributed by atoms with E-state index in [4.69, 9.17) is 4.84 Å². The van der Waals surface area contributed by atoms with Gasteiger partial charge in [-0.1, -0.05) is 73.6 Å². The lowest BCUT2D eigenvalue weighted by atomic mass is 9.74. The number of amides is 2. The molecule has 37 heavy (non-hydrogen) atoms. The lowest BCUT2D eigenvalue weighted by Crippen LogP contribution is -2.56. The maximum absolute atomic E-state index is 13.5. The van der Waals surface area contributed by atoms with Gasteiger partial charge >= 0.3 is 7.12 Å². The second kappa shape index (κ2) is 11.5. The van der Waals surface area contributed by atoms with Crippen molar-refractivity contribution >= 4 is 35.4 Å². The van der Waals surface area contributed by atoms with Crippen LogP contribution in [0, 0.1) is 5.92 Å². The van der Waals surface area contributed by atoms with Gasteiger partial charge in [0.1, 0.15) is 5.69 Å². The first-order valence-corrected chi connectivity index (χ1v) is 12.3. The van der Waals surface area contributed by atoms with E-state index in [0.29, 0.717) is 12.1 Å². The van der Waals surface area contributed by atoms with Crippen LogP contribution in [-0.4, -0.2) is 57.8 Å². The number of aromatic nitrogens is 1. The van der Waals surface area contributed by atoms with Crippen LogP contribution in [-0.2, 0) is 16.1 Å². The Morgan fingerprint density at radius 1 is 1.08 bits per heavy atom. The zero-order valence-electron chi connectivity index (χ0n) is 20.9. The van der Waals surface area contributed by atoms with Crippen LogP contribution in [0.3, 0.4) is 0 Å². The molecule has 4 rings (SSSR count). The molecule has 0 spiro atoms. The summed E-state index contributed by atoms with van der Waals surface area (Å²) in [5.41, 5.74) is 0.251. The van der Waals surface area contributed by atoms with Crippen molar-refractivity contribution in [2.45, 2.75) is 44.7 Å². The smallest absolute Gasteiger partial charge is 0.426 e. The number of hydrogen-bond acceptors (Lipinski definition) is 7. The van der Waals surface area contributed by atoms with E-state index in [-0.39, 0.29) is 36.9 Å². The van der Waals surface area contributed by atoms with Gasteiger partial charge in [-0.25, -0.2) is 0 Å². The van der Waals surface area contributed by atoms with Gasteiger partial charge in [-0.2, -0.15) is 0 Å². The summed E-state index contributed by atoms with van der Waals surface area (Å²) < 4.78 is 0. The summed E-state index contributed by atoms with van der Waals surface area (Å²) in [6.45, 7) is 3.94. The van der Waals surface area contributed by atoms with Crippen molar-refractivity contribution in [2.75, 3.05) is 6.54 Å². The number of oxime groups is 1. The summed E-state index contributed by atoms with van der Waals surface area (Å²) >= 11 is 0. The fraction of sp³-hybridized carbons (Fsp3) is 0.333. The second-order valence-electron chi connectivity index (χ2n) is 9.80. The third-order valence-corrected chi connectivity index (χ3v) is 6.30. The lowest BCUT2D eigenvalue weighted by Gasteiger charge is -2.29. The minimum atomic E-state index is -1.71. The average Bonchev–Trinajstić information content (AvgIpc) is 3.30. The Labute approximate surface area is 216 Å². The number of fused-ring (bicyclic) bond motifs is 1. The quantitative estimate of drug-likeness (QED) is 0.315. The highest BCUT2D eigenvalue weighted by atomic mass is 16.7. The summed E-state index contributed by atoms with van der Waals surface area (Å²) in [6.07, 6.45) is 2.39. The van der Waals surface area contributed by atoms with Crippen molar-refractivity contribution in [3.8, 4) is 0 Å². The number of pyridine rings is 1. The average molecular weight is 502 g/mol. The van der Waals surface area contributed by atoms with E-state index >= 15 is 0 Å². The third kappa shape index (κ3) is 6.52. The molecule has 0 fully saturated rings. The minimum absolute atomic E-state index is 0.0786. The minimum Gasteiger partial charge on any atom is -0.426 e. The van der Waals surface area contributed by atoms with Gasteiger partial charge in [-0.3, -0.25) is 14.6 Å². The molecular formula is C27H31BN4O5. The summed E-state index contributed by atoms with van der Waals surface area (Å²) in [4.78, 5) is 36.2. The molecule has 0 radical (unpaired) electrons. The number of nitrogens with one attached hydrogen (secondary N) is 2. The van der Waals surface area contributed by atoms with Crippen LogP contribution in [0.1, 0.15) is 42.7 Å². The Hall–Kier alpha value is -3.76. The maximum Gasteiger partial charge on any atom is 0.475 e. The van der Waals surface area contributed by atoms with Gasteiger partial charge in [-0.15, -0.1) is 0 Å². The molecule has 2 heterocycles. The molecule has 0 bridgehead atoms. The van der Waals surface area contributed by atoms with Crippen LogP contribution >= 0.6 is 0 Å². The number of rotatable bonds is 10. The van der Waals surface area contributed by atoms with Crippen molar-refractivity contribution in [3.63, 3.8) is 0 Å². The zero-order chi connectivity index (χ0) is 26.4. The Morgan fingerprint density at radius 2 is 1.78 bits per heavy atom. The van der Waals surface area contributed by atoms with E-state index in [2.05, 4.69) is 20.8 Å². The topological polar surface area (TPSA) is 133 Å². The SMILES string of the molecule is CC(C)C[C@H](NC(=O)C1(Cc2ccccc2)CC(CNC(=O)c2cc3ccccc3cn2)=NO1)B(O)O. The second-order valence-corrected chi connectivity index (χ2v) is 9.80. The zero-order valence-corrected chi connectivity index (χ0v) is 20.9. The van der Waals surface area contributed by atoms with E-state index in [0.717, 1.165) is 16.3 Å². The van der Waals surface area contributed by atoms with E-state index in [9.17, 15) is 19.6 Å². The van der Waals surface area contributed by atoms with E-state index in [1.165, 1.54) is 0 Å². The third-order valence-electron chi connectivity index (χ3n) is 6.30. The molecule has 0 saturated heterocycles. The molecule has 2 aromatic carbocycles. The first-order chi connectivity index (χ1) is 17.8. The molecule has 0 saturated carbocycles. The molecular weight excluding hydrogens is 471 g/mol. The van der Waals surface area contributed by atoms with Gasteiger partial charge in [0.2, 0.25) is 5.60 Å². The largest absolute Gasteiger partial charge is 0.475 e. The van der Waals surface area contributed by atoms with E-state index in [1.54, 1.807) is 12.3 Å². The van der Waals surface area contributed by atoms with Crippen molar-refractivity contribution in [1.29, 1.82) is 0 Å². The fourth-order valence-electron chi connectivity index (χ4n) is 4.41. The predicted molar refractivity (Wildman–Crippen MR) is 142 cm³/mol. The van der Waals surface area contributed by atoms with Crippen LogP contribution < -0.4 is 10.6 Å². The summed E-state index contributed by atoms with van der Waals surface area (Å²) in [5, 5.41) is 31.2. The Kier molecular flexibility index (Phi) is 8.20. The number of nitrogens with zero attached hydrogens (tertiary/aromatic N) is 2. The molecule has 1 aliphatic rings. The number of carbonyl (C=O) groups excluding carboxylic acids is 2. The van der Waals surface area contributed by atoms with Gasteiger partial charge < -0.3 is 25.5 Å². The van der Waals surface area contributed by atoms with Crippen LogP contribution in [0.25, 0.3) is 10.8 Å². The molecule has 2 amide bonds. The van der Waals surface area contributed by atoms with Crippen molar-refractivity contribution in [2.24, 2.45) is 11.1 Å². The highest BCUT2D eigenvalue weighted by Crippen LogP contribution is 2.29. The van der Waals surface area contributed by atoms with E-state index in [1.807, 2.05) is 68.4 Å². The van der Waals surface area contributed by atoms with Crippen molar-refractivity contribution < 1.29 is 24.5 Å². The summed E-state index contributed by atoms with van der Waals surface area (Å²) in [5.74, 6) is -1.57. The Bertz CT molecular complexity index is 1280. The summed E-state index contributed by atoms with van der Waals surface area (Å²) in [6, 6.07) is 18.7. The molecule has 1 unspecified atom stereocenters. The number of hydrogen-bond donors (Lipinski definition) is 4. The monoisotopic (exact) mass is 502 g/mol.